The zero-order valence-corrected chi connectivity index (χ0v) is 12.8. The maximum Gasteiger partial charge on any atom is 0.221 e. The van der Waals surface area contributed by atoms with Crippen LogP contribution in [0.1, 0.15) is 58.8 Å². The minimum atomic E-state index is -0.000612. The molecule has 0 aromatic heterocycles. The van der Waals surface area contributed by atoms with Crippen molar-refractivity contribution in [3.63, 3.8) is 0 Å². The Hall–Kier alpha value is -1.10. The van der Waals surface area contributed by atoms with Gasteiger partial charge in [-0.15, -0.1) is 0 Å². The molecule has 0 spiro atoms. The van der Waals surface area contributed by atoms with E-state index in [1.165, 1.54) is 0 Å². The molecule has 3 unspecified atom stereocenters. The zero-order chi connectivity index (χ0) is 15.0. The van der Waals surface area contributed by atoms with Crippen molar-refractivity contribution in [1.82, 2.24) is 10.6 Å². The summed E-state index contributed by atoms with van der Waals surface area (Å²) in [5.74, 6) is 0.451. The smallest absolute Gasteiger partial charge is 0.221 e. The lowest BCUT2D eigenvalue weighted by molar-refractivity contribution is -0.123. The summed E-state index contributed by atoms with van der Waals surface area (Å²) in [6, 6.07) is 0.449. The van der Waals surface area contributed by atoms with Gasteiger partial charge < -0.3 is 16.4 Å². The van der Waals surface area contributed by atoms with E-state index in [4.69, 9.17) is 5.73 Å². The van der Waals surface area contributed by atoms with Crippen LogP contribution in [0, 0.1) is 5.92 Å². The van der Waals surface area contributed by atoms with Gasteiger partial charge in [-0.3, -0.25) is 9.59 Å². The minimum Gasteiger partial charge on any atom is -0.356 e. The highest BCUT2D eigenvalue weighted by Gasteiger charge is 2.21. The minimum absolute atomic E-state index is 0.000612. The van der Waals surface area contributed by atoms with E-state index in [2.05, 4.69) is 10.6 Å². The van der Waals surface area contributed by atoms with Gasteiger partial charge in [-0.1, -0.05) is 13.3 Å². The molecule has 0 bridgehead atoms. The summed E-state index contributed by atoms with van der Waals surface area (Å²) in [7, 11) is 0. The Morgan fingerprint density at radius 1 is 1.30 bits per heavy atom. The third-order valence-electron chi connectivity index (χ3n) is 3.99. The van der Waals surface area contributed by atoms with Crippen LogP contribution in [0.15, 0.2) is 0 Å². The quantitative estimate of drug-likeness (QED) is 0.659. The summed E-state index contributed by atoms with van der Waals surface area (Å²) >= 11 is 0. The topological polar surface area (TPSA) is 84.2 Å². The molecule has 2 amide bonds. The van der Waals surface area contributed by atoms with Gasteiger partial charge >= 0.3 is 0 Å². The van der Waals surface area contributed by atoms with Gasteiger partial charge in [0, 0.05) is 31.5 Å². The van der Waals surface area contributed by atoms with E-state index in [-0.39, 0.29) is 23.9 Å². The maximum absolute atomic E-state index is 11.8. The predicted molar refractivity (Wildman–Crippen MR) is 80.1 cm³/mol. The number of nitrogens with two attached hydrogens (primary N) is 1. The van der Waals surface area contributed by atoms with Gasteiger partial charge in [0.25, 0.3) is 0 Å². The Balaban J connectivity index is 2.12. The van der Waals surface area contributed by atoms with Crippen LogP contribution < -0.4 is 16.4 Å². The predicted octanol–water partition coefficient (Wildman–Crippen LogP) is 1.32. The number of rotatable bonds is 7. The van der Waals surface area contributed by atoms with E-state index >= 15 is 0 Å². The summed E-state index contributed by atoms with van der Waals surface area (Å²) in [5, 5.41) is 5.71. The Labute approximate surface area is 122 Å². The normalized spacial score (nSPS) is 23.9. The van der Waals surface area contributed by atoms with Crippen molar-refractivity contribution in [2.45, 2.75) is 70.9 Å². The Kier molecular flexibility index (Phi) is 7.59. The van der Waals surface area contributed by atoms with Gasteiger partial charge in [-0.2, -0.15) is 0 Å². The molecule has 0 aromatic rings. The summed E-state index contributed by atoms with van der Waals surface area (Å²) < 4.78 is 0. The highest BCUT2D eigenvalue weighted by Crippen LogP contribution is 2.25. The van der Waals surface area contributed by atoms with Crippen LogP contribution in [-0.4, -0.2) is 30.4 Å². The second kappa shape index (κ2) is 8.95. The lowest BCUT2D eigenvalue weighted by Gasteiger charge is -2.26. The summed E-state index contributed by atoms with van der Waals surface area (Å²) in [4.78, 5) is 23.3. The maximum atomic E-state index is 11.8. The van der Waals surface area contributed by atoms with Crippen molar-refractivity contribution in [3.8, 4) is 0 Å². The largest absolute Gasteiger partial charge is 0.356 e. The van der Waals surface area contributed by atoms with Gasteiger partial charge in [0.1, 0.15) is 0 Å². The van der Waals surface area contributed by atoms with Crippen molar-refractivity contribution in [2.75, 3.05) is 6.54 Å². The molecule has 1 rings (SSSR count). The van der Waals surface area contributed by atoms with E-state index in [9.17, 15) is 9.59 Å². The Bertz CT molecular complexity index is 320. The number of hydrogen-bond acceptors (Lipinski definition) is 3. The monoisotopic (exact) mass is 283 g/mol. The molecule has 0 aliphatic heterocycles. The van der Waals surface area contributed by atoms with E-state index < -0.39 is 0 Å². The van der Waals surface area contributed by atoms with Gasteiger partial charge in [-0.05, 0) is 38.5 Å². The van der Waals surface area contributed by atoms with E-state index in [0.29, 0.717) is 25.3 Å². The van der Waals surface area contributed by atoms with Gasteiger partial charge in [0.05, 0.1) is 0 Å². The first-order chi connectivity index (χ1) is 9.51. The SMILES string of the molecule is CCC(C)NC(=O)CCNC(=O)CC1CCCC(N)C1. The van der Waals surface area contributed by atoms with Crippen LogP contribution in [0.3, 0.4) is 0 Å². The van der Waals surface area contributed by atoms with Crippen LogP contribution in [-0.2, 0) is 9.59 Å². The molecule has 0 radical (unpaired) electrons. The van der Waals surface area contributed by atoms with Crippen LogP contribution in [0.4, 0.5) is 0 Å². The molecule has 5 heteroatoms. The third kappa shape index (κ3) is 6.89. The first kappa shape index (κ1) is 17.0. The molecular weight excluding hydrogens is 254 g/mol. The molecule has 3 atom stereocenters. The van der Waals surface area contributed by atoms with Crippen LogP contribution >= 0.6 is 0 Å². The fraction of sp³-hybridized carbons (Fsp3) is 0.867. The van der Waals surface area contributed by atoms with Gasteiger partial charge in [-0.25, -0.2) is 0 Å². The second-order valence-electron chi connectivity index (χ2n) is 5.97. The molecule has 1 aliphatic carbocycles. The molecule has 0 aromatic carbocycles. The van der Waals surface area contributed by atoms with Crippen molar-refractivity contribution in [1.29, 1.82) is 0 Å². The zero-order valence-electron chi connectivity index (χ0n) is 12.8. The highest BCUT2D eigenvalue weighted by molar-refractivity contribution is 5.79. The second-order valence-corrected chi connectivity index (χ2v) is 5.97. The van der Waals surface area contributed by atoms with Gasteiger partial charge in [0.2, 0.25) is 11.8 Å². The van der Waals surface area contributed by atoms with Crippen molar-refractivity contribution in [3.05, 3.63) is 0 Å². The average Bonchev–Trinajstić information content (AvgIpc) is 2.38. The summed E-state index contributed by atoms with van der Waals surface area (Å²) in [6.07, 6.45) is 6.04. The lowest BCUT2D eigenvalue weighted by atomic mass is 9.84. The van der Waals surface area contributed by atoms with Gasteiger partial charge in [0.15, 0.2) is 0 Å². The van der Waals surface area contributed by atoms with E-state index in [1.54, 1.807) is 0 Å². The number of carbonyl (C=O) groups is 2. The first-order valence-electron chi connectivity index (χ1n) is 7.82. The number of carbonyl (C=O) groups excluding carboxylic acids is 2. The Morgan fingerprint density at radius 3 is 2.70 bits per heavy atom. The molecule has 4 N–H and O–H groups in total. The van der Waals surface area contributed by atoms with Crippen molar-refractivity contribution in [2.24, 2.45) is 11.7 Å². The fourth-order valence-corrected chi connectivity index (χ4v) is 2.62. The molecule has 5 nitrogen and oxygen atoms in total. The molecule has 1 saturated carbocycles. The number of nitrogens with one attached hydrogen (secondary N) is 2. The van der Waals surface area contributed by atoms with E-state index in [1.807, 2.05) is 13.8 Å². The summed E-state index contributed by atoms with van der Waals surface area (Å²) in [5.41, 5.74) is 5.92. The lowest BCUT2D eigenvalue weighted by Crippen LogP contribution is -2.36. The molecule has 1 aliphatic rings. The number of hydrogen-bond donors (Lipinski definition) is 3. The van der Waals surface area contributed by atoms with E-state index in [0.717, 1.165) is 32.1 Å². The molecule has 0 saturated heterocycles. The van der Waals surface area contributed by atoms with Crippen LogP contribution in [0.5, 0.6) is 0 Å². The average molecular weight is 283 g/mol. The van der Waals surface area contributed by atoms with Crippen molar-refractivity contribution < 1.29 is 9.59 Å². The fourth-order valence-electron chi connectivity index (χ4n) is 2.62. The molecule has 0 heterocycles. The summed E-state index contributed by atoms with van der Waals surface area (Å²) in [6.45, 7) is 4.42. The molecule has 20 heavy (non-hydrogen) atoms. The molecule has 1 fully saturated rings. The molecular formula is C15H29N3O2. The van der Waals surface area contributed by atoms with Crippen LogP contribution in [0.2, 0.25) is 0 Å². The Morgan fingerprint density at radius 2 is 2.05 bits per heavy atom. The number of amides is 2. The van der Waals surface area contributed by atoms with Crippen LogP contribution in [0.25, 0.3) is 0 Å². The van der Waals surface area contributed by atoms with Crippen molar-refractivity contribution >= 4 is 11.8 Å². The standard InChI is InChI=1S/C15H29N3O2/c1-3-11(2)18-14(19)7-8-17-15(20)10-12-5-4-6-13(16)9-12/h11-13H,3-10,16H2,1-2H3,(H,17,20)(H,18,19). The first-order valence-corrected chi connectivity index (χ1v) is 7.82. The highest BCUT2D eigenvalue weighted by atomic mass is 16.2. The third-order valence-corrected chi connectivity index (χ3v) is 3.99. The molecule has 116 valence electrons.